The number of nitrogens with one attached hydrogen (secondary N) is 2. The van der Waals surface area contributed by atoms with Crippen LogP contribution in [0.3, 0.4) is 0 Å². The van der Waals surface area contributed by atoms with Crippen molar-refractivity contribution in [1.82, 2.24) is 15.5 Å². The highest BCUT2D eigenvalue weighted by atomic mass is 32.2. The van der Waals surface area contributed by atoms with E-state index >= 15 is 0 Å². The lowest BCUT2D eigenvalue weighted by Gasteiger charge is -2.32. The largest absolute Gasteiger partial charge is 0.378 e. The summed E-state index contributed by atoms with van der Waals surface area (Å²) in [7, 11) is -3.76. The molecule has 0 saturated carbocycles. The first-order valence-corrected chi connectivity index (χ1v) is 12.3. The fraction of sp³-hybridized carbons (Fsp3) is 0.571. The molecule has 0 aliphatic carbocycles. The summed E-state index contributed by atoms with van der Waals surface area (Å²) in [5, 5.41) is 5.17. The van der Waals surface area contributed by atoms with Gasteiger partial charge in [-0.2, -0.15) is 0 Å². The first-order chi connectivity index (χ1) is 15.1. The molecule has 10 nitrogen and oxygen atoms in total. The van der Waals surface area contributed by atoms with Crippen LogP contribution in [0.15, 0.2) is 30.3 Å². The Kier molecular flexibility index (Phi) is 7.52. The minimum absolute atomic E-state index is 0.144. The summed E-state index contributed by atoms with van der Waals surface area (Å²) < 4.78 is 36.4. The van der Waals surface area contributed by atoms with Crippen LogP contribution in [0.5, 0.6) is 0 Å². The number of hydrogen-bond donors (Lipinski definition) is 2. The number of carbonyl (C=O) groups is 3. The molecular weight excluding hydrogens is 438 g/mol. The maximum absolute atomic E-state index is 13.1. The summed E-state index contributed by atoms with van der Waals surface area (Å²) in [6, 6.07) is 6.68. The molecular formula is C21H29N3O7S. The zero-order valence-electron chi connectivity index (χ0n) is 18.2. The van der Waals surface area contributed by atoms with Gasteiger partial charge >= 0.3 is 6.03 Å². The van der Waals surface area contributed by atoms with Crippen LogP contribution in [0.4, 0.5) is 4.79 Å². The molecule has 0 bridgehead atoms. The van der Waals surface area contributed by atoms with E-state index < -0.39 is 45.2 Å². The molecule has 2 heterocycles. The third-order valence-electron chi connectivity index (χ3n) is 5.76. The van der Waals surface area contributed by atoms with Crippen LogP contribution in [0.1, 0.15) is 19.4 Å². The fourth-order valence-electron chi connectivity index (χ4n) is 3.59. The minimum atomic E-state index is -3.76. The van der Waals surface area contributed by atoms with Crippen LogP contribution < -0.4 is 10.6 Å². The molecule has 3 amide bonds. The van der Waals surface area contributed by atoms with E-state index in [1.807, 2.05) is 0 Å². The topological polar surface area (TPSA) is 131 Å². The molecule has 2 fully saturated rings. The summed E-state index contributed by atoms with van der Waals surface area (Å²) in [6.07, 6.45) is 0. The number of amides is 3. The van der Waals surface area contributed by atoms with Gasteiger partial charge in [0, 0.05) is 13.1 Å². The van der Waals surface area contributed by atoms with Crippen molar-refractivity contribution in [3.8, 4) is 0 Å². The third-order valence-corrected chi connectivity index (χ3v) is 7.37. The normalized spacial score (nSPS) is 24.8. The number of sulfone groups is 1. The van der Waals surface area contributed by atoms with E-state index in [4.69, 9.17) is 9.47 Å². The van der Waals surface area contributed by atoms with Crippen LogP contribution in [-0.2, 0) is 34.7 Å². The van der Waals surface area contributed by atoms with Crippen molar-refractivity contribution in [3.05, 3.63) is 35.9 Å². The number of carbonyl (C=O) groups excluding carboxylic acids is 3. The maximum Gasteiger partial charge on any atom is 0.318 e. The Morgan fingerprint density at radius 2 is 1.88 bits per heavy atom. The lowest BCUT2D eigenvalue weighted by atomic mass is 9.97. The summed E-state index contributed by atoms with van der Waals surface area (Å²) in [5.41, 5.74) is -0.698. The number of ether oxygens (including phenoxy) is 2. The number of nitrogens with zero attached hydrogens (tertiary/aromatic N) is 1. The Balaban J connectivity index is 1.76. The Hall–Kier alpha value is -2.50. The van der Waals surface area contributed by atoms with Crippen molar-refractivity contribution in [2.24, 2.45) is 5.92 Å². The van der Waals surface area contributed by atoms with E-state index in [1.54, 1.807) is 44.2 Å². The lowest BCUT2D eigenvalue weighted by Crippen LogP contribution is -2.60. The van der Waals surface area contributed by atoms with Crippen LogP contribution in [0.2, 0.25) is 0 Å². The molecule has 0 spiro atoms. The standard InChI is InChI=1S/C21H29N3O7S/c1-15-18(25)12-31-21(15,2)23-19(26)17(22-20(27)24-8-10-30-11-9-24)14-32(28,29)13-16-6-4-3-5-7-16/h3-7,15,17H,8-14H2,1-2H3,(H,22,27)(H,23,26). The zero-order valence-corrected chi connectivity index (χ0v) is 19.0. The van der Waals surface area contributed by atoms with Crippen LogP contribution in [0.25, 0.3) is 0 Å². The summed E-state index contributed by atoms with van der Waals surface area (Å²) >= 11 is 0. The predicted molar refractivity (Wildman–Crippen MR) is 115 cm³/mol. The number of benzene rings is 1. The Labute approximate surface area is 187 Å². The Morgan fingerprint density at radius 3 is 2.47 bits per heavy atom. The highest BCUT2D eigenvalue weighted by molar-refractivity contribution is 7.90. The van der Waals surface area contributed by atoms with E-state index in [9.17, 15) is 22.8 Å². The number of ketones is 1. The Bertz CT molecular complexity index is 947. The highest BCUT2D eigenvalue weighted by Crippen LogP contribution is 2.26. The molecule has 32 heavy (non-hydrogen) atoms. The second-order valence-electron chi connectivity index (χ2n) is 8.21. The van der Waals surface area contributed by atoms with Crippen LogP contribution in [0, 0.1) is 5.92 Å². The van der Waals surface area contributed by atoms with Crippen molar-refractivity contribution in [2.75, 3.05) is 38.7 Å². The van der Waals surface area contributed by atoms with Gasteiger partial charge in [-0.3, -0.25) is 9.59 Å². The molecule has 0 radical (unpaired) electrons. The van der Waals surface area contributed by atoms with Crippen molar-refractivity contribution < 1.29 is 32.3 Å². The molecule has 2 N–H and O–H groups in total. The van der Waals surface area contributed by atoms with Crippen molar-refractivity contribution in [1.29, 1.82) is 0 Å². The highest BCUT2D eigenvalue weighted by Gasteiger charge is 2.45. The minimum Gasteiger partial charge on any atom is -0.378 e. The molecule has 1 aromatic carbocycles. The molecule has 3 atom stereocenters. The molecule has 3 rings (SSSR count). The van der Waals surface area contributed by atoms with E-state index in [0.29, 0.717) is 31.9 Å². The average molecular weight is 468 g/mol. The van der Waals surface area contributed by atoms with Crippen LogP contribution >= 0.6 is 0 Å². The van der Waals surface area contributed by atoms with Gasteiger partial charge in [0.2, 0.25) is 5.91 Å². The van der Waals surface area contributed by atoms with E-state index in [1.165, 1.54) is 4.90 Å². The molecule has 176 valence electrons. The van der Waals surface area contributed by atoms with Crippen molar-refractivity contribution in [3.63, 3.8) is 0 Å². The van der Waals surface area contributed by atoms with Gasteiger partial charge in [-0.1, -0.05) is 37.3 Å². The SMILES string of the molecule is CC1C(=O)COC1(C)NC(=O)C(CS(=O)(=O)Cc1ccccc1)NC(=O)N1CCOCC1. The van der Waals surface area contributed by atoms with Gasteiger partial charge in [0.05, 0.1) is 30.6 Å². The quantitative estimate of drug-likeness (QED) is 0.581. The first-order valence-electron chi connectivity index (χ1n) is 10.5. The second-order valence-corrected chi connectivity index (χ2v) is 10.3. The molecule has 0 aromatic heterocycles. The van der Waals surface area contributed by atoms with Gasteiger partial charge in [-0.05, 0) is 12.5 Å². The summed E-state index contributed by atoms with van der Waals surface area (Å²) in [6.45, 7) is 4.44. The maximum atomic E-state index is 13.1. The van der Waals surface area contributed by atoms with E-state index in [2.05, 4.69) is 10.6 Å². The van der Waals surface area contributed by atoms with Gasteiger partial charge in [0.25, 0.3) is 0 Å². The van der Waals surface area contributed by atoms with E-state index in [-0.39, 0.29) is 18.1 Å². The van der Waals surface area contributed by atoms with Gasteiger partial charge in [-0.15, -0.1) is 0 Å². The second kappa shape index (κ2) is 9.97. The zero-order chi connectivity index (χ0) is 23.4. The predicted octanol–water partition coefficient (Wildman–Crippen LogP) is 0.0796. The van der Waals surface area contributed by atoms with Crippen LogP contribution in [-0.4, -0.2) is 81.5 Å². The van der Waals surface area contributed by atoms with Crippen molar-refractivity contribution in [2.45, 2.75) is 31.4 Å². The fourth-order valence-corrected chi connectivity index (χ4v) is 5.15. The number of morpholine rings is 1. The number of Topliss-reactive ketones (excluding diaryl/α,β-unsaturated/α-hetero) is 1. The monoisotopic (exact) mass is 467 g/mol. The smallest absolute Gasteiger partial charge is 0.318 e. The molecule has 1 aromatic rings. The van der Waals surface area contributed by atoms with Gasteiger partial charge < -0.3 is 25.0 Å². The number of urea groups is 1. The first kappa shape index (κ1) is 24.1. The molecule has 11 heteroatoms. The van der Waals surface area contributed by atoms with Gasteiger partial charge in [0.1, 0.15) is 18.4 Å². The summed E-state index contributed by atoms with van der Waals surface area (Å²) in [4.78, 5) is 39.1. The van der Waals surface area contributed by atoms with Gasteiger partial charge in [0.15, 0.2) is 15.6 Å². The number of rotatable bonds is 7. The average Bonchev–Trinajstić information content (AvgIpc) is 3.01. The molecule has 3 unspecified atom stereocenters. The Morgan fingerprint density at radius 1 is 1.22 bits per heavy atom. The van der Waals surface area contributed by atoms with E-state index in [0.717, 1.165) is 0 Å². The number of hydrogen-bond acceptors (Lipinski definition) is 7. The third kappa shape index (κ3) is 6.05. The molecule has 2 aliphatic rings. The van der Waals surface area contributed by atoms with Gasteiger partial charge in [-0.25, -0.2) is 13.2 Å². The molecule has 2 saturated heterocycles. The molecule has 2 aliphatic heterocycles. The van der Waals surface area contributed by atoms with Crippen molar-refractivity contribution >= 4 is 27.6 Å². The lowest BCUT2D eigenvalue weighted by molar-refractivity contribution is -0.132. The summed E-state index contributed by atoms with van der Waals surface area (Å²) in [5.74, 6) is -2.37.